The number of benzene rings is 1. The molecule has 1 heterocycles. The molecular formula is C14H13ClN2O3. The van der Waals surface area contributed by atoms with Crippen LogP contribution >= 0.6 is 11.6 Å². The van der Waals surface area contributed by atoms with Gasteiger partial charge in [-0.25, -0.2) is 4.98 Å². The molecule has 0 bridgehead atoms. The summed E-state index contributed by atoms with van der Waals surface area (Å²) in [6.45, 7) is 3.43. The number of rotatable bonds is 4. The Labute approximate surface area is 121 Å². The van der Waals surface area contributed by atoms with Crippen molar-refractivity contribution >= 4 is 17.3 Å². The van der Waals surface area contributed by atoms with Gasteiger partial charge in [0.05, 0.1) is 4.92 Å². The summed E-state index contributed by atoms with van der Waals surface area (Å²) in [5.41, 5.74) is 2.22. The van der Waals surface area contributed by atoms with Gasteiger partial charge in [-0.15, -0.1) is 11.6 Å². The highest BCUT2D eigenvalue weighted by atomic mass is 35.5. The highest BCUT2D eigenvalue weighted by Crippen LogP contribution is 2.30. The molecule has 6 heteroatoms. The Hall–Kier alpha value is -2.14. The Morgan fingerprint density at radius 2 is 2.05 bits per heavy atom. The predicted octanol–water partition coefficient (Wildman–Crippen LogP) is 4.14. The lowest BCUT2D eigenvalue weighted by Crippen LogP contribution is -1.96. The Balaban J connectivity index is 2.29. The second kappa shape index (κ2) is 5.88. The van der Waals surface area contributed by atoms with Crippen molar-refractivity contribution in [2.24, 2.45) is 0 Å². The van der Waals surface area contributed by atoms with Crippen LogP contribution in [0.5, 0.6) is 11.6 Å². The molecule has 5 nitrogen and oxygen atoms in total. The van der Waals surface area contributed by atoms with Gasteiger partial charge in [0, 0.05) is 29.8 Å². The smallest absolute Gasteiger partial charge is 0.272 e. The van der Waals surface area contributed by atoms with E-state index in [9.17, 15) is 10.1 Å². The van der Waals surface area contributed by atoms with Crippen LogP contribution in [0.3, 0.4) is 0 Å². The zero-order valence-corrected chi connectivity index (χ0v) is 11.8. The lowest BCUT2D eigenvalue weighted by molar-refractivity contribution is -0.385. The van der Waals surface area contributed by atoms with Crippen LogP contribution < -0.4 is 4.74 Å². The second-order valence-electron chi connectivity index (χ2n) is 4.40. The van der Waals surface area contributed by atoms with Gasteiger partial charge in [-0.3, -0.25) is 10.1 Å². The van der Waals surface area contributed by atoms with E-state index in [0.717, 1.165) is 5.56 Å². The van der Waals surface area contributed by atoms with Crippen molar-refractivity contribution in [2.45, 2.75) is 19.7 Å². The van der Waals surface area contributed by atoms with Gasteiger partial charge in [0.25, 0.3) is 5.69 Å². The number of nitro groups is 1. The third-order valence-electron chi connectivity index (χ3n) is 2.86. The molecule has 0 aliphatic carbocycles. The van der Waals surface area contributed by atoms with E-state index in [1.54, 1.807) is 32.2 Å². The summed E-state index contributed by atoms with van der Waals surface area (Å²) in [7, 11) is 0. The molecule has 0 fully saturated rings. The number of pyridine rings is 1. The summed E-state index contributed by atoms with van der Waals surface area (Å²) in [5, 5.41) is 10.9. The molecule has 0 N–H and O–H groups in total. The summed E-state index contributed by atoms with van der Waals surface area (Å²) in [6.07, 6.45) is 1.63. The second-order valence-corrected chi connectivity index (χ2v) is 4.67. The third kappa shape index (κ3) is 3.05. The third-order valence-corrected chi connectivity index (χ3v) is 3.17. The standard InChI is InChI=1S/C14H13ClN2O3/c1-9-6-13(10(2)5-12(9)17(18)19)20-14-4-3-11(7-15)8-16-14/h3-6,8H,7H2,1-2H3. The Morgan fingerprint density at radius 1 is 1.30 bits per heavy atom. The molecule has 1 aromatic carbocycles. The molecule has 0 aliphatic rings. The number of aryl methyl sites for hydroxylation is 2. The van der Waals surface area contributed by atoms with Gasteiger partial charge in [0.15, 0.2) is 0 Å². The molecule has 0 aliphatic heterocycles. The van der Waals surface area contributed by atoms with E-state index in [4.69, 9.17) is 16.3 Å². The molecule has 2 rings (SSSR count). The minimum atomic E-state index is -0.403. The first-order valence-corrected chi connectivity index (χ1v) is 6.49. The van der Waals surface area contributed by atoms with Gasteiger partial charge in [-0.1, -0.05) is 6.07 Å². The molecule has 0 saturated heterocycles. The zero-order chi connectivity index (χ0) is 14.7. The van der Waals surface area contributed by atoms with E-state index in [2.05, 4.69) is 4.98 Å². The minimum absolute atomic E-state index is 0.0836. The number of nitro benzene ring substituents is 1. The van der Waals surface area contributed by atoms with Crippen molar-refractivity contribution < 1.29 is 9.66 Å². The van der Waals surface area contributed by atoms with E-state index in [0.29, 0.717) is 28.6 Å². The monoisotopic (exact) mass is 292 g/mol. The van der Waals surface area contributed by atoms with Crippen LogP contribution in [-0.2, 0) is 5.88 Å². The highest BCUT2D eigenvalue weighted by Gasteiger charge is 2.14. The fraction of sp³-hybridized carbons (Fsp3) is 0.214. The van der Waals surface area contributed by atoms with Crippen molar-refractivity contribution in [1.29, 1.82) is 0 Å². The number of nitrogens with zero attached hydrogens (tertiary/aromatic N) is 2. The maximum absolute atomic E-state index is 10.9. The first kappa shape index (κ1) is 14.3. The number of halogens is 1. The molecule has 20 heavy (non-hydrogen) atoms. The van der Waals surface area contributed by atoms with Crippen LogP contribution in [0, 0.1) is 24.0 Å². The van der Waals surface area contributed by atoms with Gasteiger partial charge >= 0.3 is 0 Å². The number of hydrogen-bond donors (Lipinski definition) is 0. The largest absolute Gasteiger partial charge is 0.439 e. The van der Waals surface area contributed by atoms with Crippen LogP contribution in [0.2, 0.25) is 0 Å². The van der Waals surface area contributed by atoms with Crippen molar-refractivity contribution in [3.05, 3.63) is 57.3 Å². The zero-order valence-electron chi connectivity index (χ0n) is 11.1. The van der Waals surface area contributed by atoms with Crippen LogP contribution in [0.25, 0.3) is 0 Å². The first-order valence-electron chi connectivity index (χ1n) is 5.95. The highest BCUT2D eigenvalue weighted by molar-refractivity contribution is 6.17. The van der Waals surface area contributed by atoms with Gasteiger partial charge in [-0.05, 0) is 31.0 Å². The van der Waals surface area contributed by atoms with Crippen molar-refractivity contribution in [3.63, 3.8) is 0 Å². The van der Waals surface area contributed by atoms with Crippen LogP contribution in [-0.4, -0.2) is 9.91 Å². The van der Waals surface area contributed by atoms with Gasteiger partial charge in [0.2, 0.25) is 5.88 Å². The molecular weight excluding hydrogens is 280 g/mol. The predicted molar refractivity (Wildman–Crippen MR) is 76.4 cm³/mol. The lowest BCUT2D eigenvalue weighted by atomic mass is 10.1. The maximum Gasteiger partial charge on any atom is 0.272 e. The molecule has 0 amide bonds. The fourth-order valence-corrected chi connectivity index (χ4v) is 1.90. The Bertz CT molecular complexity index is 642. The fourth-order valence-electron chi connectivity index (χ4n) is 1.74. The molecule has 0 unspecified atom stereocenters. The Morgan fingerprint density at radius 3 is 2.60 bits per heavy atom. The SMILES string of the molecule is Cc1cc([N+](=O)[O-])c(C)cc1Oc1ccc(CCl)cn1. The topological polar surface area (TPSA) is 65.3 Å². The summed E-state index contributed by atoms with van der Waals surface area (Å²) in [5.74, 6) is 1.37. The van der Waals surface area contributed by atoms with Crippen LogP contribution in [0.1, 0.15) is 16.7 Å². The molecule has 0 radical (unpaired) electrons. The van der Waals surface area contributed by atoms with Crippen molar-refractivity contribution in [2.75, 3.05) is 0 Å². The molecule has 104 valence electrons. The molecule has 1 aromatic heterocycles. The number of alkyl halides is 1. The molecule has 2 aromatic rings. The minimum Gasteiger partial charge on any atom is -0.439 e. The van der Waals surface area contributed by atoms with Gasteiger partial charge in [0.1, 0.15) is 5.75 Å². The normalized spacial score (nSPS) is 10.3. The quantitative estimate of drug-likeness (QED) is 0.482. The summed E-state index contributed by atoms with van der Waals surface area (Å²) in [4.78, 5) is 14.6. The molecule has 0 spiro atoms. The average molecular weight is 293 g/mol. The average Bonchev–Trinajstić information content (AvgIpc) is 2.43. The van der Waals surface area contributed by atoms with E-state index in [1.807, 2.05) is 6.07 Å². The van der Waals surface area contributed by atoms with Crippen molar-refractivity contribution in [1.82, 2.24) is 4.98 Å². The molecule has 0 saturated carbocycles. The van der Waals surface area contributed by atoms with E-state index >= 15 is 0 Å². The number of aromatic nitrogens is 1. The molecule has 0 atom stereocenters. The number of hydrogen-bond acceptors (Lipinski definition) is 4. The van der Waals surface area contributed by atoms with Crippen LogP contribution in [0.15, 0.2) is 30.5 Å². The van der Waals surface area contributed by atoms with E-state index in [1.165, 1.54) is 6.07 Å². The van der Waals surface area contributed by atoms with Gasteiger partial charge < -0.3 is 4.74 Å². The van der Waals surface area contributed by atoms with Crippen LogP contribution in [0.4, 0.5) is 5.69 Å². The first-order chi connectivity index (χ1) is 9.51. The van der Waals surface area contributed by atoms with Crippen molar-refractivity contribution in [3.8, 4) is 11.6 Å². The maximum atomic E-state index is 10.9. The summed E-state index contributed by atoms with van der Waals surface area (Å²) in [6, 6.07) is 6.68. The Kier molecular flexibility index (Phi) is 4.20. The van der Waals surface area contributed by atoms with Gasteiger partial charge in [-0.2, -0.15) is 0 Å². The van der Waals surface area contributed by atoms with E-state index in [-0.39, 0.29) is 5.69 Å². The van der Waals surface area contributed by atoms with E-state index < -0.39 is 4.92 Å². The summed E-state index contributed by atoms with van der Waals surface area (Å²) < 4.78 is 5.65. The number of ether oxygens (including phenoxy) is 1. The lowest BCUT2D eigenvalue weighted by Gasteiger charge is -2.09. The summed E-state index contributed by atoms with van der Waals surface area (Å²) >= 11 is 5.69.